The lowest BCUT2D eigenvalue weighted by Crippen LogP contribution is -2.18. The van der Waals surface area contributed by atoms with Crippen molar-refractivity contribution in [2.75, 3.05) is 26.4 Å². The third-order valence-corrected chi connectivity index (χ3v) is 5.83. The van der Waals surface area contributed by atoms with E-state index in [1.54, 1.807) is 0 Å². The summed E-state index contributed by atoms with van der Waals surface area (Å²) in [5, 5.41) is 3.28. The van der Waals surface area contributed by atoms with Crippen molar-refractivity contribution in [1.82, 2.24) is 0 Å². The number of benzene rings is 3. The van der Waals surface area contributed by atoms with Gasteiger partial charge in [0.25, 0.3) is 0 Å². The van der Waals surface area contributed by atoms with E-state index in [9.17, 15) is 9.59 Å². The lowest BCUT2D eigenvalue weighted by atomic mass is 9.93. The van der Waals surface area contributed by atoms with Gasteiger partial charge < -0.3 is 18.9 Å². The van der Waals surface area contributed by atoms with Crippen LogP contribution >= 0.6 is 0 Å². The van der Waals surface area contributed by atoms with Crippen molar-refractivity contribution >= 4 is 33.5 Å². The molecule has 3 aromatic rings. The molecule has 3 rings (SSSR count). The molecule has 0 bridgehead atoms. The fraction of sp³-hybridized carbons (Fsp3) is 0.467. The Kier molecular flexibility index (Phi) is 9.57. The minimum atomic E-state index is -0.407. The molecule has 3 aromatic carbocycles. The Bertz CT molecular complexity index is 1120. The largest absolute Gasteiger partial charge is 0.481 e. The fourth-order valence-corrected chi connectivity index (χ4v) is 4.07. The molecule has 36 heavy (non-hydrogen) atoms. The third-order valence-electron chi connectivity index (χ3n) is 5.83. The summed E-state index contributed by atoms with van der Waals surface area (Å²) in [6, 6.07) is 11.9. The van der Waals surface area contributed by atoms with Crippen LogP contribution in [0.15, 0.2) is 36.4 Å². The standard InChI is InChI=1S/C30H38O6/c1-7-21-13-25-26(14-22(21)8-2)30(36-18-28(32)34-16-20(5)6)24-12-10-9-11-23(24)29(25)35-17-27(31)33-15-19(3)4/h9-14,19-20H,7-8,15-18H2,1-6H3. The molecule has 0 aliphatic rings. The first-order valence-corrected chi connectivity index (χ1v) is 12.8. The summed E-state index contributed by atoms with van der Waals surface area (Å²) in [5.74, 6) is 0.895. The van der Waals surface area contributed by atoms with Crippen molar-refractivity contribution in [1.29, 1.82) is 0 Å². The van der Waals surface area contributed by atoms with Crippen LogP contribution in [0.4, 0.5) is 0 Å². The maximum absolute atomic E-state index is 12.3. The highest BCUT2D eigenvalue weighted by atomic mass is 16.6. The molecule has 6 nitrogen and oxygen atoms in total. The quantitative estimate of drug-likeness (QED) is 0.218. The van der Waals surface area contributed by atoms with Gasteiger partial charge in [0.1, 0.15) is 11.5 Å². The third kappa shape index (κ3) is 6.68. The van der Waals surface area contributed by atoms with Crippen LogP contribution in [-0.2, 0) is 31.9 Å². The monoisotopic (exact) mass is 494 g/mol. The molecule has 0 radical (unpaired) electrons. The fourth-order valence-electron chi connectivity index (χ4n) is 4.07. The van der Waals surface area contributed by atoms with E-state index in [1.165, 1.54) is 11.1 Å². The van der Waals surface area contributed by atoms with Crippen LogP contribution in [0.25, 0.3) is 21.5 Å². The highest BCUT2D eigenvalue weighted by Gasteiger charge is 2.20. The zero-order chi connectivity index (χ0) is 26.2. The summed E-state index contributed by atoms with van der Waals surface area (Å²) >= 11 is 0. The van der Waals surface area contributed by atoms with E-state index >= 15 is 0 Å². The van der Waals surface area contributed by atoms with E-state index in [4.69, 9.17) is 18.9 Å². The van der Waals surface area contributed by atoms with E-state index in [0.717, 1.165) is 34.4 Å². The zero-order valence-electron chi connectivity index (χ0n) is 22.3. The van der Waals surface area contributed by atoms with Crippen LogP contribution in [0, 0.1) is 11.8 Å². The number of fused-ring (bicyclic) bond motifs is 2. The molecule has 0 fully saturated rings. The van der Waals surface area contributed by atoms with Gasteiger partial charge in [-0.05, 0) is 47.9 Å². The van der Waals surface area contributed by atoms with E-state index in [0.29, 0.717) is 24.7 Å². The number of esters is 2. The van der Waals surface area contributed by atoms with Crippen LogP contribution < -0.4 is 9.47 Å². The second kappa shape index (κ2) is 12.6. The molecular formula is C30H38O6. The number of rotatable bonds is 12. The topological polar surface area (TPSA) is 71.1 Å². The molecule has 0 N–H and O–H groups in total. The van der Waals surface area contributed by atoms with Gasteiger partial charge in [-0.3, -0.25) is 0 Å². The van der Waals surface area contributed by atoms with Gasteiger partial charge in [0.05, 0.1) is 13.2 Å². The first-order chi connectivity index (χ1) is 17.2. The molecule has 0 amide bonds. The average Bonchev–Trinajstić information content (AvgIpc) is 2.87. The van der Waals surface area contributed by atoms with Crippen LogP contribution in [0.3, 0.4) is 0 Å². The minimum Gasteiger partial charge on any atom is -0.481 e. The Balaban J connectivity index is 2.09. The van der Waals surface area contributed by atoms with Gasteiger partial charge in [0, 0.05) is 21.5 Å². The van der Waals surface area contributed by atoms with Crippen molar-refractivity contribution in [2.45, 2.75) is 54.4 Å². The second-order valence-electron chi connectivity index (χ2n) is 9.81. The highest BCUT2D eigenvalue weighted by Crippen LogP contribution is 2.44. The Labute approximate surface area is 213 Å². The van der Waals surface area contributed by atoms with Crippen molar-refractivity contribution < 1.29 is 28.5 Å². The van der Waals surface area contributed by atoms with Crippen LogP contribution in [-0.4, -0.2) is 38.4 Å². The number of aryl methyl sites for hydroxylation is 2. The predicted octanol–water partition coefficient (Wildman–Crippen LogP) is 6.27. The molecule has 0 aliphatic carbocycles. The van der Waals surface area contributed by atoms with E-state index < -0.39 is 11.9 Å². The van der Waals surface area contributed by atoms with Gasteiger partial charge in [-0.15, -0.1) is 0 Å². The van der Waals surface area contributed by atoms with Gasteiger partial charge in [-0.1, -0.05) is 65.8 Å². The minimum absolute atomic E-state index is 0.190. The molecule has 0 saturated heterocycles. The molecule has 0 atom stereocenters. The molecule has 0 saturated carbocycles. The summed E-state index contributed by atoms with van der Waals surface area (Å²) in [5.41, 5.74) is 2.41. The number of hydrogen-bond donors (Lipinski definition) is 0. The maximum Gasteiger partial charge on any atom is 0.344 e. The molecule has 0 aromatic heterocycles. The van der Waals surface area contributed by atoms with Gasteiger partial charge in [-0.2, -0.15) is 0 Å². The molecule has 0 unspecified atom stereocenters. The number of ether oxygens (including phenoxy) is 4. The van der Waals surface area contributed by atoms with Gasteiger partial charge in [0.2, 0.25) is 0 Å². The summed E-state index contributed by atoms with van der Waals surface area (Å²) in [6.45, 7) is 12.5. The zero-order valence-corrected chi connectivity index (χ0v) is 22.3. The average molecular weight is 495 g/mol. The maximum atomic E-state index is 12.3. The molecule has 0 spiro atoms. The normalized spacial score (nSPS) is 11.3. The first kappa shape index (κ1) is 27.3. The SMILES string of the molecule is CCc1cc2c(OCC(=O)OCC(C)C)c3ccccc3c(OCC(=O)OCC(C)C)c2cc1CC. The Morgan fingerprint density at radius 1 is 0.667 bits per heavy atom. The van der Waals surface area contributed by atoms with Crippen LogP contribution in [0.5, 0.6) is 11.5 Å². The van der Waals surface area contributed by atoms with Gasteiger partial charge in [0.15, 0.2) is 13.2 Å². The first-order valence-electron chi connectivity index (χ1n) is 12.8. The number of hydrogen-bond acceptors (Lipinski definition) is 6. The number of carbonyl (C=O) groups excluding carboxylic acids is 2. The van der Waals surface area contributed by atoms with Crippen LogP contribution in [0.1, 0.15) is 52.7 Å². The number of carbonyl (C=O) groups is 2. The molecule has 6 heteroatoms. The summed E-state index contributed by atoms with van der Waals surface area (Å²) in [4.78, 5) is 24.7. The molecule has 0 heterocycles. The smallest absolute Gasteiger partial charge is 0.344 e. The Morgan fingerprint density at radius 3 is 1.39 bits per heavy atom. The van der Waals surface area contributed by atoms with Crippen molar-refractivity contribution in [2.24, 2.45) is 11.8 Å². The van der Waals surface area contributed by atoms with E-state index in [-0.39, 0.29) is 25.0 Å². The summed E-state index contributed by atoms with van der Waals surface area (Å²) < 4.78 is 22.9. The predicted molar refractivity (Wildman–Crippen MR) is 143 cm³/mol. The molecule has 0 aliphatic heterocycles. The van der Waals surface area contributed by atoms with Crippen molar-refractivity contribution in [3.05, 3.63) is 47.5 Å². The Hall–Kier alpha value is -3.28. The summed E-state index contributed by atoms with van der Waals surface area (Å²) in [7, 11) is 0. The molecular weight excluding hydrogens is 456 g/mol. The molecule has 194 valence electrons. The van der Waals surface area contributed by atoms with Crippen molar-refractivity contribution in [3.8, 4) is 11.5 Å². The van der Waals surface area contributed by atoms with E-state index in [2.05, 4.69) is 26.0 Å². The Morgan fingerprint density at radius 2 is 1.06 bits per heavy atom. The second-order valence-corrected chi connectivity index (χ2v) is 9.81. The lowest BCUT2D eigenvalue weighted by molar-refractivity contribution is -0.147. The lowest BCUT2D eigenvalue weighted by Gasteiger charge is -2.19. The van der Waals surface area contributed by atoms with E-state index in [1.807, 2.05) is 52.0 Å². The highest BCUT2D eigenvalue weighted by molar-refractivity contribution is 6.11. The van der Waals surface area contributed by atoms with Crippen LogP contribution in [0.2, 0.25) is 0 Å². The van der Waals surface area contributed by atoms with Crippen molar-refractivity contribution in [3.63, 3.8) is 0 Å². The van der Waals surface area contributed by atoms with Gasteiger partial charge in [-0.25, -0.2) is 9.59 Å². The van der Waals surface area contributed by atoms with Gasteiger partial charge >= 0.3 is 11.9 Å². The summed E-state index contributed by atoms with van der Waals surface area (Å²) in [6.07, 6.45) is 1.72.